The number of amides is 1. The monoisotopic (exact) mass is 367 g/mol. The van der Waals surface area contributed by atoms with E-state index >= 15 is 0 Å². The van der Waals surface area contributed by atoms with E-state index in [2.05, 4.69) is 10.2 Å². The van der Waals surface area contributed by atoms with E-state index in [4.69, 9.17) is 4.74 Å². The Balaban J connectivity index is 1.64. The lowest BCUT2D eigenvalue weighted by Crippen LogP contribution is -2.41. The Hall–Kier alpha value is -1.64. The topological polar surface area (TPSA) is 79.0 Å². The molecule has 1 aromatic rings. The van der Waals surface area contributed by atoms with Gasteiger partial charge in [-0.3, -0.25) is 4.79 Å². The zero-order valence-electron chi connectivity index (χ0n) is 14.5. The maximum absolute atomic E-state index is 12.6. The van der Waals surface area contributed by atoms with Crippen molar-refractivity contribution in [3.05, 3.63) is 24.3 Å². The summed E-state index contributed by atoms with van der Waals surface area (Å²) in [7, 11) is -3.17. The van der Waals surface area contributed by atoms with Gasteiger partial charge in [0, 0.05) is 32.1 Å². The van der Waals surface area contributed by atoms with E-state index in [1.807, 2.05) is 24.3 Å². The summed E-state index contributed by atoms with van der Waals surface area (Å²) in [6, 6.07) is 7.79. The minimum atomic E-state index is -3.17. The van der Waals surface area contributed by atoms with Crippen LogP contribution in [0.4, 0.5) is 11.4 Å². The van der Waals surface area contributed by atoms with Gasteiger partial charge >= 0.3 is 0 Å². The highest BCUT2D eigenvalue weighted by atomic mass is 32.2. The van der Waals surface area contributed by atoms with Gasteiger partial charge in [0.2, 0.25) is 15.9 Å². The molecule has 1 aromatic carbocycles. The van der Waals surface area contributed by atoms with Crippen molar-refractivity contribution in [2.45, 2.75) is 12.8 Å². The normalized spacial score (nSPS) is 20.4. The summed E-state index contributed by atoms with van der Waals surface area (Å²) < 4.78 is 30.0. The molecule has 0 unspecified atom stereocenters. The first-order chi connectivity index (χ1) is 11.9. The third kappa shape index (κ3) is 4.50. The highest BCUT2D eigenvalue weighted by Gasteiger charge is 2.29. The molecular weight excluding hydrogens is 342 g/mol. The maximum atomic E-state index is 12.6. The molecule has 0 saturated carbocycles. The Morgan fingerprint density at radius 2 is 1.76 bits per heavy atom. The quantitative estimate of drug-likeness (QED) is 0.863. The van der Waals surface area contributed by atoms with Gasteiger partial charge in [-0.25, -0.2) is 12.7 Å². The summed E-state index contributed by atoms with van der Waals surface area (Å²) in [4.78, 5) is 14.9. The van der Waals surface area contributed by atoms with Gasteiger partial charge in [0.25, 0.3) is 0 Å². The van der Waals surface area contributed by atoms with Gasteiger partial charge in [-0.1, -0.05) is 12.1 Å². The fourth-order valence-electron chi connectivity index (χ4n) is 3.34. The lowest BCUT2D eigenvalue weighted by atomic mass is 9.97. The molecule has 138 valence electrons. The van der Waals surface area contributed by atoms with Crippen LogP contribution < -0.4 is 10.2 Å². The van der Waals surface area contributed by atoms with Crippen LogP contribution in [0.1, 0.15) is 12.8 Å². The third-order valence-corrected chi connectivity index (χ3v) is 6.11. The number of sulfonamides is 1. The number of ether oxygens (including phenoxy) is 1. The molecule has 3 rings (SSSR count). The molecule has 25 heavy (non-hydrogen) atoms. The Labute approximate surface area is 149 Å². The summed E-state index contributed by atoms with van der Waals surface area (Å²) >= 11 is 0. The van der Waals surface area contributed by atoms with E-state index in [-0.39, 0.29) is 11.8 Å². The number of nitrogens with one attached hydrogen (secondary N) is 1. The largest absolute Gasteiger partial charge is 0.378 e. The molecule has 1 N–H and O–H groups in total. The third-order valence-electron chi connectivity index (χ3n) is 4.81. The molecule has 7 nitrogen and oxygen atoms in total. The molecule has 0 atom stereocenters. The summed E-state index contributed by atoms with van der Waals surface area (Å²) in [5.74, 6) is -0.190. The van der Waals surface area contributed by atoms with Crippen LogP contribution >= 0.6 is 0 Å². The number of morpholine rings is 1. The van der Waals surface area contributed by atoms with Gasteiger partial charge in [0.15, 0.2) is 0 Å². The number of hydrogen-bond acceptors (Lipinski definition) is 5. The molecule has 2 fully saturated rings. The number of carbonyl (C=O) groups is 1. The highest BCUT2D eigenvalue weighted by molar-refractivity contribution is 7.88. The average Bonchev–Trinajstić information content (AvgIpc) is 2.62. The van der Waals surface area contributed by atoms with Crippen LogP contribution in [-0.2, 0) is 19.6 Å². The summed E-state index contributed by atoms with van der Waals surface area (Å²) in [5, 5.41) is 3.04. The zero-order chi connectivity index (χ0) is 17.9. The molecule has 0 spiro atoms. The molecule has 0 bridgehead atoms. The summed E-state index contributed by atoms with van der Waals surface area (Å²) in [6.07, 6.45) is 2.32. The maximum Gasteiger partial charge on any atom is 0.227 e. The Morgan fingerprint density at radius 3 is 2.40 bits per heavy atom. The molecule has 0 aromatic heterocycles. The predicted octanol–water partition coefficient (Wildman–Crippen LogP) is 1.13. The van der Waals surface area contributed by atoms with Crippen LogP contribution in [0.15, 0.2) is 24.3 Å². The van der Waals surface area contributed by atoms with Crippen molar-refractivity contribution in [3.63, 3.8) is 0 Å². The van der Waals surface area contributed by atoms with Gasteiger partial charge in [-0.2, -0.15) is 0 Å². The fraction of sp³-hybridized carbons (Fsp3) is 0.588. The summed E-state index contributed by atoms with van der Waals surface area (Å²) in [5.41, 5.74) is 1.81. The van der Waals surface area contributed by atoms with Gasteiger partial charge in [-0.15, -0.1) is 0 Å². The van der Waals surface area contributed by atoms with Crippen molar-refractivity contribution < 1.29 is 17.9 Å². The number of nitrogens with zero attached hydrogens (tertiary/aromatic N) is 2. The number of hydrogen-bond donors (Lipinski definition) is 1. The van der Waals surface area contributed by atoms with Crippen LogP contribution in [0.25, 0.3) is 0 Å². The van der Waals surface area contributed by atoms with Crippen molar-refractivity contribution >= 4 is 27.3 Å². The molecule has 0 aliphatic carbocycles. The number of piperidine rings is 1. The molecule has 0 radical (unpaired) electrons. The first kappa shape index (κ1) is 18.2. The molecule has 8 heteroatoms. The summed E-state index contributed by atoms with van der Waals surface area (Å²) in [6.45, 7) is 3.79. The first-order valence-electron chi connectivity index (χ1n) is 8.63. The molecule has 2 heterocycles. The van der Waals surface area contributed by atoms with Crippen molar-refractivity contribution in [2.75, 3.05) is 55.9 Å². The van der Waals surface area contributed by atoms with Crippen molar-refractivity contribution in [3.8, 4) is 0 Å². The number of rotatable bonds is 4. The average molecular weight is 367 g/mol. The van der Waals surface area contributed by atoms with Crippen LogP contribution in [-0.4, -0.2) is 64.3 Å². The number of anilines is 2. The second-order valence-electron chi connectivity index (χ2n) is 6.54. The Bertz CT molecular complexity index is 708. The molecule has 2 saturated heterocycles. The molecule has 2 aliphatic heterocycles. The van der Waals surface area contributed by atoms with E-state index in [1.165, 1.54) is 10.6 Å². The van der Waals surface area contributed by atoms with E-state index in [9.17, 15) is 13.2 Å². The second kappa shape index (κ2) is 7.72. The molecule has 1 amide bonds. The van der Waals surface area contributed by atoms with Crippen LogP contribution in [0.5, 0.6) is 0 Å². The van der Waals surface area contributed by atoms with Crippen molar-refractivity contribution in [1.29, 1.82) is 0 Å². The Kier molecular flexibility index (Phi) is 5.61. The lowest BCUT2D eigenvalue weighted by molar-refractivity contribution is -0.120. The van der Waals surface area contributed by atoms with Crippen LogP contribution in [0.3, 0.4) is 0 Å². The van der Waals surface area contributed by atoms with Crippen molar-refractivity contribution in [2.24, 2.45) is 5.92 Å². The van der Waals surface area contributed by atoms with Gasteiger partial charge in [0.05, 0.1) is 30.8 Å². The minimum Gasteiger partial charge on any atom is -0.378 e. The van der Waals surface area contributed by atoms with Gasteiger partial charge < -0.3 is 15.0 Å². The standard InChI is InChI=1S/C17H25N3O4S/c1-25(22,23)20-8-6-14(7-9-20)17(21)18-15-4-2-3-5-16(15)19-10-12-24-13-11-19/h2-5,14H,6-13H2,1H3,(H,18,21). The molecule has 2 aliphatic rings. The smallest absolute Gasteiger partial charge is 0.227 e. The number of benzene rings is 1. The Morgan fingerprint density at radius 1 is 1.12 bits per heavy atom. The van der Waals surface area contributed by atoms with Crippen LogP contribution in [0, 0.1) is 5.92 Å². The van der Waals surface area contributed by atoms with E-state index in [0.29, 0.717) is 39.1 Å². The van der Waals surface area contributed by atoms with Crippen LogP contribution in [0.2, 0.25) is 0 Å². The zero-order valence-corrected chi connectivity index (χ0v) is 15.3. The molecular formula is C17H25N3O4S. The van der Waals surface area contributed by atoms with E-state index in [0.717, 1.165) is 24.5 Å². The first-order valence-corrected chi connectivity index (χ1v) is 10.5. The number of carbonyl (C=O) groups excluding carboxylic acids is 1. The number of para-hydroxylation sites is 2. The predicted molar refractivity (Wildman–Crippen MR) is 97.2 cm³/mol. The fourth-order valence-corrected chi connectivity index (χ4v) is 4.22. The van der Waals surface area contributed by atoms with Crippen molar-refractivity contribution in [1.82, 2.24) is 4.31 Å². The minimum absolute atomic E-state index is 0.0335. The van der Waals surface area contributed by atoms with Gasteiger partial charge in [0.1, 0.15) is 0 Å². The second-order valence-corrected chi connectivity index (χ2v) is 8.52. The van der Waals surface area contributed by atoms with E-state index < -0.39 is 10.0 Å². The SMILES string of the molecule is CS(=O)(=O)N1CCC(C(=O)Nc2ccccc2N2CCOCC2)CC1. The highest BCUT2D eigenvalue weighted by Crippen LogP contribution is 2.28. The van der Waals surface area contributed by atoms with E-state index in [1.54, 1.807) is 0 Å². The van der Waals surface area contributed by atoms with Gasteiger partial charge in [-0.05, 0) is 25.0 Å². The lowest BCUT2D eigenvalue weighted by Gasteiger charge is -2.32.